The molecule has 0 atom stereocenters. The highest BCUT2D eigenvalue weighted by molar-refractivity contribution is 6.31. The molecular weight excluding hydrogens is 275 g/mol. The van der Waals surface area contributed by atoms with Gasteiger partial charge in [-0.25, -0.2) is 4.98 Å². The summed E-state index contributed by atoms with van der Waals surface area (Å²) in [4.78, 5) is 15.8. The molecule has 0 bridgehead atoms. The summed E-state index contributed by atoms with van der Waals surface area (Å²) < 4.78 is 0. The van der Waals surface area contributed by atoms with Gasteiger partial charge in [0.1, 0.15) is 16.7 Å². The van der Waals surface area contributed by atoms with Crippen molar-refractivity contribution in [1.29, 1.82) is 0 Å². The molecule has 0 fully saturated rings. The van der Waals surface area contributed by atoms with Crippen molar-refractivity contribution in [2.75, 3.05) is 5.32 Å². The van der Waals surface area contributed by atoms with E-state index in [2.05, 4.69) is 10.3 Å². The first-order valence-electron chi connectivity index (χ1n) is 4.98. The smallest absolute Gasteiger partial charge is 0.260 e. The van der Waals surface area contributed by atoms with E-state index < -0.39 is 5.91 Å². The predicted molar refractivity (Wildman–Crippen MR) is 70.3 cm³/mol. The van der Waals surface area contributed by atoms with Crippen LogP contribution < -0.4 is 5.32 Å². The first-order chi connectivity index (χ1) is 8.56. The van der Waals surface area contributed by atoms with E-state index in [-0.39, 0.29) is 16.5 Å². The lowest BCUT2D eigenvalue weighted by atomic mass is 10.2. The summed E-state index contributed by atoms with van der Waals surface area (Å²) >= 11 is 11.4. The maximum Gasteiger partial charge on any atom is 0.260 e. The van der Waals surface area contributed by atoms with Gasteiger partial charge in [0.2, 0.25) is 0 Å². The third-order valence-corrected chi connectivity index (χ3v) is 2.61. The standard InChI is InChI=1S/C12H8Cl2N2O2/c13-7-4-5-8(9(17)6-7)12(18)16-11-3-1-2-10(14)15-11/h1-6,17H,(H,15,16,18). The molecule has 2 rings (SSSR count). The summed E-state index contributed by atoms with van der Waals surface area (Å²) in [7, 11) is 0. The van der Waals surface area contributed by atoms with E-state index >= 15 is 0 Å². The summed E-state index contributed by atoms with van der Waals surface area (Å²) in [6.45, 7) is 0. The van der Waals surface area contributed by atoms with Crippen LogP contribution in [-0.4, -0.2) is 16.0 Å². The highest BCUT2D eigenvalue weighted by Gasteiger charge is 2.12. The van der Waals surface area contributed by atoms with Gasteiger partial charge in [0.05, 0.1) is 5.56 Å². The molecule has 0 saturated heterocycles. The molecule has 0 radical (unpaired) electrons. The number of nitrogens with one attached hydrogen (secondary N) is 1. The molecule has 92 valence electrons. The molecule has 0 unspecified atom stereocenters. The molecule has 18 heavy (non-hydrogen) atoms. The molecule has 4 nitrogen and oxygen atoms in total. The van der Waals surface area contributed by atoms with Crippen LogP contribution in [0.5, 0.6) is 5.75 Å². The van der Waals surface area contributed by atoms with E-state index in [0.29, 0.717) is 10.8 Å². The zero-order valence-corrected chi connectivity index (χ0v) is 10.5. The van der Waals surface area contributed by atoms with Crippen molar-refractivity contribution in [3.63, 3.8) is 0 Å². The quantitative estimate of drug-likeness (QED) is 0.831. The maximum absolute atomic E-state index is 11.9. The van der Waals surface area contributed by atoms with E-state index in [1.807, 2.05) is 0 Å². The second-order valence-electron chi connectivity index (χ2n) is 3.46. The lowest BCUT2D eigenvalue weighted by Crippen LogP contribution is -2.13. The highest BCUT2D eigenvalue weighted by atomic mass is 35.5. The molecule has 0 spiro atoms. The Hall–Kier alpha value is -1.78. The van der Waals surface area contributed by atoms with Gasteiger partial charge in [0.15, 0.2) is 0 Å². The van der Waals surface area contributed by atoms with E-state index in [9.17, 15) is 9.90 Å². The summed E-state index contributed by atoms with van der Waals surface area (Å²) in [6, 6.07) is 9.08. The third kappa shape index (κ3) is 2.91. The number of amides is 1. The van der Waals surface area contributed by atoms with Gasteiger partial charge < -0.3 is 10.4 Å². The second kappa shape index (κ2) is 5.25. The average Bonchev–Trinajstić information content (AvgIpc) is 2.28. The lowest BCUT2D eigenvalue weighted by Gasteiger charge is -2.06. The average molecular weight is 283 g/mol. The third-order valence-electron chi connectivity index (χ3n) is 2.16. The molecule has 1 heterocycles. The molecule has 0 aliphatic carbocycles. The molecule has 6 heteroatoms. The maximum atomic E-state index is 11.9. The van der Waals surface area contributed by atoms with Crippen molar-refractivity contribution in [3.8, 4) is 5.75 Å². The van der Waals surface area contributed by atoms with Gasteiger partial charge >= 0.3 is 0 Å². The van der Waals surface area contributed by atoms with Crippen LogP contribution in [0.3, 0.4) is 0 Å². The fraction of sp³-hybridized carbons (Fsp3) is 0. The molecule has 2 N–H and O–H groups in total. The molecule has 2 aromatic rings. The first kappa shape index (κ1) is 12.7. The molecule has 1 aromatic carbocycles. The number of pyridine rings is 1. The van der Waals surface area contributed by atoms with Crippen LogP contribution in [0.25, 0.3) is 0 Å². The SMILES string of the molecule is O=C(Nc1cccc(Cl)n1)c1ccc(Cl)cc1O. The first-order valence-corrected chi connectivity index (χ1v) is 5.74. The number of phenols is 1. The largest absolute Gasteiger partial charge is 0.507 e. The van der Waals surface area contributed by atoms with Crippen LogP contribution in [0.2, 0.25) is 10.2 Å². The van der Waals surface area contributed by atoms with E-state index in [0.717, 1.165) is 0 Å². The number of anilines is 1. The number of nitrogens with zero attached hydrogens (tertiary/aromatic N) is 1. The zero-order valence-electron chi connectivity index (χ0n) is 9.02. The van der Waals surface area contributed by atoms with Crippen LogP contribution in [0.15, 0.2) is 36.4 Å². The summed E-state index contributed by atoms with van der Waals surface area (Å²) in [5.74, 6) is -0.372. The number of benzene rings is 1. The van der Waals surface area contributed by atoms with Crippen molar-refractivity contribution in [2.45, 2.75) is 0 Å². The van der Waals surface area contributed by atoms with Crippen molar-refractivity contribution in [3.05, 3.63) is 52.1 Å². The van der Waals surface area contributed by atoms with E-state index in [1.165, 1.54) is 18.2 Å². The van der Waals surface area contributed by atoms with Gasteiger partial charge in [0, 0.05) is 5.02 Å². The molecule has 1 aromatic heterocycles. The number of aromatic hydroxyl groups is 1. The van der Waals surface area contributed by atoms with Gasteiger partial charge in [-0.2, -0.15) is 0 Å². The van der Waals surface area contributed by atoms with Crippen LogP contribution >= 0.6 is 23.2 Å². The Bertz CT molecular complexity index is 602. The number of hydrogen-bond donors (Lipinski definition) is 2. The molecule has 1 amide bonds. The number of hydrogen-bond acceptors (Lipinski definition) is 3. The lowest BCUT2D eigenvalue weighted by molar-refractivity contribution is 0.102. The van der Waals surface area contributed by atoms with Gasteiger partial charge in [-0.15, -0.1) is 0 Å². The summed E-state index contributed by atoms with van der Waals surface area (Å²) in [5, 5.41) is 12.7. The Balaban J connectivity index is 2.22. The van der Waals surface area contributed by atoms with Gasteiger partial charge in [-0.1, -0.05) is 29.3 Å². The van der Waals surface area contributed by atoms with Crippen LogP contribution in [0, 0.1) is 0 Å². The van der Waals surface area contributed by atoms with Crippen molar-refractivity contribution >= 4 is 34.9 Å². The van der Waals surface area contributed by atoms with Gasteiger partial charge in [-0.3, -0.25) is 4.79 Å². The van der Waals surface area contributed by atoms with Crippen LogP contribution in [-0.2, 0) is 0 Å². The van der Waals surface area contributed by atoms with Gasteiger partial charge in [-0.05, 0) is 30.3 Å². The Kier molecular flexibility index (Phi) is 3.69. The Morgan fingerprint density at radius 3 is 2.67 bits per heavy atom. The topological polar surface area (TPSA) is 62.2 Å². The molecular formula is C12H8Cl2N2O2. The molecule has 0 saturated carbocycles. The summed E-state index contributed by atoms with van der Waals surface area (Å²) in [6.07, 6.45) is 0. The Labute approximate surface area is 113 Å². The minimum Gasteiger partial charge on any atom is -0.507 e. The predicted octanol–water partition coefficient (Wildman–Crippen LogP) is 3.35. The molecule has 0 aliphatic rings. The van der Waals surface area contributed by atoms with Crippen molar-refractivity contribution in [1.82, 2.24) is 4.98 Å². The van der Waals surface area contributed by atoms with Crippen molar-refractivity contribution in [2.24, 2.45) is 0 Å². The monoisotopic (exact) mass is 282 g/mol. The second-order valence-corrected chi connectivity index (χ2v) is 4.28. The molecule has 0 aliphatic heterocycles. The zero-order chi connectivity index (χ0) is 13.1. The summed E-state index contributed by atoms with van der Waals surface area (Å²) in [5.41, 5.74) is 0.112. The van der Waals surface area contributed by atoms with E-state index in [1.54, 1.807) is 18.2 Å². The number of phenolic OH excluding ortho intramolecular Hbond substituents is 1. The number of carbonyl (C=O) groups is 1. The van der Waals surface area contributed by atoms with E-state index in [4.69, 9.17) is 23.2 Å². The fourth-order valence-corrected chi connectivity index (χ4v) is 1.69. The van der Waals surface area contributed by atoms with Crippen LogP contribution in [0.4, 0.5) is 5.82 Å². The fourth-order valence-electron chi connectivity index (χ4n) is 1.36. The van der Waals surface area contributed by atoms with Gasteiger partial charge in [0.25, 0.3) is 5.91 Å². The van der Waals surface area contributed by atoms with Crippen molar-refractivity contribution < 1.29 is 9.90 Å². The highest BCUT2D eigenvalue weighted by Crippen LogP contribution is 2.22. The minimum atomic E-state index is -0.487. The number of carbonyl (C=O) groups excluding carboxylic acids is 1. The Morgan fingerprint density at radius 1 is 1.22 bits per heavy atom. The Morgan fingerprint density at radius 2 is 2.00 bits per heavy atom. The van der Waals surface area contributed by atoms with Crippen LogP contribution in [0.1, 0.15) is 10.4 Å². The number of rotatable bonds is 2. The number of aromatic nitrogens is 1. The minimum absolute atomic E-state index is 0.112. The normalized spacial score (nSPS) is 10.1. The number of halogens is 2.